The van der Waals surface area contributed by atoms with Crippen LogP contribution in [0.15, 0.2) is 24.3 Å². The van der Waals surface area contributed by atoms with E-state index in [1.807, 2.05) is 18.2 Å². The molecule has 0 heterocycles. The van der Waals surface area contributed by atoms with E-state index in [2.05, 4.69) is 6.07 Å². The predicted octanol–water partition coefficient (Wildman–Crippen LogP) is 1.17. The fraction of sp³-hybridized carbons (Fsp3) is 0.455. The number of aliphatic hydroxyl groups is 1. The Labute approximate surface area is 78.4 Å². The molecule has 0 aromatic heterocycles. The number of rotatable bonds is 1. The fourth-order valence-electron chi connectivity index (χ4n) is 2.12. The Morgan fingerprint density at radius 2 is 2.15 bits per heavy atom. The van der Waals surface area contributed by atoms with Gasteiger partial charge >= 0.3 is 0 Å². The Balaban J connectivity index is 2.48. The Bertz CT molecular complexity index is 311. The lowest BCUT2D eigenvalue weighted by Crippen LogP contribution is -2.43. The first-order valence-electron chi connectivity index (χ1n) is 4.74. The van der Waals surface area contributed by atoms with E-state index in [0.717, 1.165) is 24.8 Å². The molecule has 2 nitrogen and oxygen atoms in total. The van der Waals surface area contributed by atoms with Crippen molar-refractivity contribution in [3.05, 3.63) is 35.4 Å². The van der Waals surface area contributed by atoms with Crippen LogP contribution in [-0.4, -0.2) is 11.7 Å². The number of aliphatic hydroxyl groups excluding tert-OH is 1. The van der Waals surface area contributed by atoms with E-state index in [9.17, 15) is 5.11 Å². The number of nitrogens with two attached hydrogens (primary N) is 1. The maximum Gasteiger partial charge on any atom is 0.0653 e. The first-order valence-corrected chi connectivity index (χ1v) is 4.74. The maximum atomic E-state index is 9.27. The third-order valence-corrected chi connectivity index (χ3v) is 2.90. The van der Waals surface area contributed by atoms with E-state index >= 15 is 0 Å². The molecular weight excluding hydrogens is 162 g/mol. The number of hydrogen-bond acceptors (Lipinski definition) is 2. The zero-order valence-electron chi connectivity index (χ0n) is 7.66. The van der Waals surface area contributed by atoms with Crippen molar-refractivity contribution in [3.8, 4) is 0 Å². The van der Waals surface area contributed by atoms with Crippen LogP contribution in [0.5, 0.6) is 0 Å². The smallest absolute Gasteiger partial charge is 0.0653 e. The minimum atomic E-state index is -0.491. The molecule has 1 aromatic rings. The molecular formula is C11H15NO. The van der Waals surface area contributed by atoms with Crippen LogP contribution in [0.4, 0.5) is 0 Å². The highest BCUT2D eigenvalue weighted by Gasteiger charge is 2.31. The van der Waals surface area contributed by atoms with E-state index in [4.69, 9.17) is 5.73 Å². The van der Waals surface area contributed by atoms with Crippen molar-refractivity contribution in [3.63, 3.8) is 0 Å². The van der Waals surface area contributed by atoms with E-state index in [-0.39, 0.29) is 6.61 Å². The first-order chi connectivity index (χ1) is 6.26. The van der Waals surface area contributed by atoms with Gasteiger partial charge < -0.3 is 10.8 Å². The summed E-state index contributed by atoms with van der Waals surface area (Å²) in [7, 11) is 0. The molecule has 0 saturated carbocycles. The molecule has 0 saturated heterocycles. The lowest BCUT2D eigenvalue weighted by atomic mass is 9.78. The summed E-state index contributed by atoms with van der Waals surface area (Å²) in [5.74, 6) is 0. The van der Waals surface area contributed by atoms with Crippen LogP contribution in [0, 0.1) is 0 Å². The number of aryl methyl sites for hydroxylation is 1. The van der Waals surface area contributed by atoms with Crippen LogP contribution >= 0.6 is 0 Å². The molecule has 13 heavy (non-hydrogen) atoms. The highest BCUT2D eigenvalue weighted by molar-refractivity contribution is 5.35. The third kappa shape index (κ3) is 1.36. The second kappa shape index (κ2) is 3.13. The minimum absolute atomic E-state index is 0.0456. The molecule has 1 aliphatic carbocycles. The van der Waals surface area contributed by atoms with Crippen molar-refractivity contribution in [2.75, 3.05) is 6.61 Å². The Morgan fingerprint density at radius 3 is 2.92 bits per heavy atom. The molecule has 3 N–H and O–H groups in total. The van der Waals surface area contributed by atoms with Gasteiger partial charge in [-0.2, -0.15) is 0 Å². The summed E-state index contributed by atoms with van der Waals surface area (Å²) in [6, 6.07) is 8.15. The average Bonchev–Trinajstić information content (AvgIpc) is 2.19. The minimum Gasteiger partial charge on any atom is -0.394 e. The van der Waals surface area contributed by atoms with Gasteiger partial charge in [0, 0.05) is 0 Å². The summed E-state index contributed by atoms with van der Waals surface area (Å²) in [5, 5.41) is 9.27. The lowest BCUT2D eigenvalue weighted by molar-refractivity contribution is 0.179. The summed E-state index contributed by atoms with van der Waals surface area (Å²) in [5.41, 5.74) is 8.05. The van der Waals surface area contributed by atoms with Gasteiger partial charge in [-0.3, -0.25) is 0 Å². The lowest BCUT2D eigenvalue weighted by Gasteiger charge is -2.33. The summed E-state index contributed by atoms with van der Waals surface area (Å²) in [6.07, 6.45) is 3.06. The summed E-state index contributed by atoms with van der Waals surface area (Å²) < 4.78 is 0. The maximum absolute atomic E-state index is 9.27. The molecule has 2 heteroatoms. The number of hydrogen-bond donors (Lipinski definition) is 2. The van der Waals surface area contributed by atoms with Gasteiger partial charge in [-0.25, -0.2) is 0 Å². The molecule has 1 atom stereocenters. The zero-order chi connectivity index (χ0) is 9.31. The second-order valence-corrected chi connectivity index (χ2v) is 3.82. The Hall–Kier alpha value is -0.860. The zero-order valence-corrected chi connectivity index (χ0v) is 7.66. The summed E-state index contributed by atoms with van der Waals surface area (Å²) >= 11 is 0. The molecule has 0 bridgehead atoms. The van der Waals surface area contributed by atoms with Crippen LogP contribution in [0.25, 0.3) is 0 Å². The molecule has 0 spiro atoms. The first kappa shape index (κ1) is 8.73. The molecule has 70 valence electrons. The quantitative estimate of drug-likeness (QED) is 0.676. The van der Waals surface area contributed by atoms with E-state index in [0.29, 0.717) is 0 Å². The van der Waals surface area contributed by atoms with Crippen molar-refractivity contribution in [1.29, 1.82) is 0 Å². The topological polar surface area (TPSA) is 46.2 Å². The van der Waals surface area contributed by atoms with Crippen LogP contribution in [0.3, 0.4) is 0 Å². The van der Waals surface area contributed by atoms with Crippen molar-refractivity contribution in [1.82, 2.24) is 0 Å². The SMILES string of the molecule is N[C@]1(CO)CCCc2ccccc21. The standard InChI is InChI=1S/C11H15NO/c12-11(8-13)7-3-5-9-4-1-2-6-10(9)11/h1-2,4,6,13H,3,5,7-8,12H2/t11-/m0/s1. The normalized spacial score (nSPS) is 26.9. The van der Waals surface area contributed by atoms with Crippen LogP contribution in [0.1, 0.15) is 24.0 Å². The molecule has 1 aliphatic rings. The van der Waals surface area contributed by atoms with E-state index in [1.54, 1.807) is 0 Å². The van der Waals surface area contributed by atoms with Crippen LogP contribution in [0.2, 0.25) is 0 Å². The van der Waals surface area contributed by atoms with Crippen molar-refractivity contribution >= 4 is 0 Å². The van der Waals surface area contributed by atoms with Gasteiger partial charge in [0.1, 0.15) is 0 Å². The molecule has 2 rings (SSSR count). The van der Waals surface area contributed by atoms with Gasteiger partial charge in [-0.05, 0) is 30.4 Å². The van der Waals surface area contributed by atoms with Gasteiger partial charge in [-0.1, -0.05) is 24.3 Å². The largest absolute Gasteiger partial charge is 0.394 e. The van der Waals surface area contributed by atoms with Crippen molar-refractivity contribution in [2.24, 2.45) is 5.73 Å². The Morgan fingerprint density at radius 1 is 1.38 bits per heavy atom. The summed E-state index contributed by atoms with van der Waals surface area (Å²) in [6.45, 7) is 0.0456. The van der Waals surface area contributed by atoms with Crippen LogP contribution < -0.4 is 5.73 Å². The van der Waals surface area contributed by atoms with Crippen molar-refractivity contribution < 1.29 is 5.11 Å². The van der Waals surface area contributed by atoms with Crippen molar-refractivity contribution in [2.45, 2.75) is 24.8 Å². The molecule has 0 amide bonds. The van der Waals surface area contributed by atoms with Crippen LogP contribution in [-0.2, 0) is 12.0 Å². The molecule has 0 unspecified atom stereocenters. The van der Waals surface area contributed by atoms with E-state index < -0.39 is 5.54 Å². The average molecular weight is 177 g/mol. The number of fused-ring (bicyclic) bond motifs is 1. The monoisotopic (exact) mass is 177 g/mol. The number of benzene rings is 1. The third-order valence-electron chi connectivity index (χ3n) is 2.90. The Kier molecular flexibility index (Phi) is 2.10. The van der Waals surface area contributed by atoms with Gasteiger partial charge in [0.25, 0.3) is 0 Å². The van der Waals surface area contributed by atoms with Gasteiger partial charge in [0.2, 0.25) is 0 Å². The highest BCUT2D eigenvalue weighted by atomic mass is 16.3. The predicted molar refractivity (Wildman–Crippen MR) is 52.3 cm³/mol. The molecule has 0 fully saturated rings. The molecule has 0 radical (unpaired) electrons. The van der Waals surface area contributed by atoms with Gasteiger partial charge in [-0.15, -0.1) is 0 Å². The molecule has 1 aromatic carbocycles. The second-order valence-electron chi connectivity index (χ2n) is 3.82. The van der Waals surface area contributed by atoms with Gasteiger partial charge in [0.05, 0.1) is 12.1 Å². The fourth-order valence-corrected chi connectivity index (χ4v) is 2.12. The molecule has 0 aliphatic heterocycles. The highest BCUT2D eigenvalue weighted by Crippen LogP contribution is 2.32. The summed E-state index contributed by atoms with van der Waals surface area (Å²) in [4.78, 5) is 0. The van der Waals surface area contributed by atoms with Gasteiger partial charge in [0.15, 0.2) is 0 Å². The van der Waals surface area contributed by atoms with E-state index in [1.165, 1.54) is 5.56 Å².